The second kappa shape index (κ2) is 20.3. The van der Waals surface area contributed by atoms with Gasteiger partial charge in [0.25, 0.3) is 0 Å². The highest BCUT2D eigenvalue weighted by Gasteiger charge is 2.20. The van der Waals surface area contributed by atoms with Crippen molar-refractivity contribution >= 4 is 87.9 Å². The molecule has 76 heavy (non-hydrogen) atoms. The Morgan fingerprint density at radius 3 is 1.09 bits per heavy atom. The van der Waals surface area contributed by atoms with Gasteiger partial charge in [0.2, 0.25) is 0 Å². The maximum absolute atomic E-state index is 2.43. The Morgan fingerprint density at radius 2 is 0.618 bits per heavy atom. The summed E-state index contributed by atoms with van der Waals surface area (Å²) in [7, 11) is 0. The van der Waals surface area contributed by atoms with E-state index in [9.17, 15) is 0 Å². The van der Waals surface area contributed by atoms with Gasteiger partial charge in [-0.05, 0) is 219 Å². The van der Waals surface area contributed by atoms with Crippen LogP contribution in [0.1, 0.15) is 52.7 Å². The standard InChI is InChI=1S/C76H60/c1-7-53-33-40-62(45-54(53)8-2)74-67-25-15-13-23-65(67)73(66-24-14-16-26-68(66)74)58-38-34-55(35-39-58)51(5)31-29-49(3)50(4)30-32-52(6)59-43-44-71-72(48-59)76(64-42-37-57-20-10-12-22-61(57)47-64)70-28-18-17-27-69(70)75(71)63-41-36-56-19-9-11-21-60(56)46-63/h7-48H,1-6H3/b49-29+,50-30+,51-31+,52-32+,53-7-,54-8-. The molecule has 12 aromatic rings. The van der Waals surface area contributed by atoms with Crippen molar-refractivity contribution in [1.82, 2.24) is 0 Å². The van der Waals surface area contributed by atoms with Crippen LogP contribution in [-0.4, -0.2) is 0 Å². The van der Waals surface area contributed by atoms with Crippen molar-refractivity contribution in [2.75, 3.05) is 0 Å². The summed E-state index contributed by atoms with van der Waals surface area (Å²) in [6.07, 6.45) is 13.5. The highest BCUT2D eigenvalue weighted by atomic mass is 14.2. The first-order chi connectivity index (χ1) is 37.3. The second-order valence-corrected chi connectivity index (χ2v) is 20.4. The molecule has 0 nitrogen and oxygen atoms in total. The first-order valence-corrected chi connectivity index (χ1v) is 26.7. The number of hydrogen-bond acceptors (Lipinski definition) is 0. The van der Waals surface area contributed by atoms with E-state index in [2.05, 4.69) is 296 Å². The molecule has 0 aliphatic carbocycles. The smallest absolute Gasteiger partial charge is 0.00259 e. The van der Waals surface area contributed by atoms with Crippen LogP contribution in [0.2, 0.25) is 0 Å². The molecule has 0 fully saturated rings. The third-order valence-corrected chi connectivity index (χ3v) is 15.9. The lowest BCUT2D eigenvalue weighted by Crippen LogP contribution is -2.23. The van der Waals surface area contributed by atoms with Gasteiger partial charge in [-0.15, -0.1) is 0 Å². The van der Waals surface area contributed by atoms with Crippen LogP contribution in [0.5, 0.6) is 0 Å². The number of allylic oxidation sites excluding steroid dienone is 8. The normalized spacial score (nSPS) is 13.3. The molecule has 0 radical (unpaired) electrons. The van der Waals surface area contributed by atoms with Gasteiger partial charge in [-0.3, -0.25) is 0 Å². The molecule has 0 bridgehead atoms. The van der Waals surface area contributed by atoms with E-state index >= 15 is 0 Å². The molecular formula is C76H60. The average Bonchev–Trinajstić information content (AvgIpc) is 3.48. The number of benzene rings is 12. The molecule has 0 saturated heterocycles. The van der Waals surface area contributed by atoms with E-state index in [1.54, 1.807) is 0 Å². The third kappa shape index (κ3) is 8.76. The number of hydrogen-bond donors (Lipinski definition) is 0. The van der Waals surface area contributed by atoms with Gasteiger partial charge < -0.3 is 0 Å². The quantitative estimate of drug-likeness (QED) is 0.0999. The van der Waals surface area contributed by atoms with Crippen molar-refractivity contribution < 1.29 is 0 Å². The van der Waals surface area contributed by atoms with E-state index in [0.717, 1.165) is 0 Å². The molecule has 0 N–H and O–H groups in total. The molecule has 0 aromatic heterocycles. The van der Waals surface area contributed by atoms with Crippen molar-refractivity contribution in [3.05, 3.63) is 275 Å². The highest BCUT2D eigenvalue weighted by molar-refractivity contribution is 6.23. The Labute approximate surface area is 447 Å². The van der Waals surface area contributed by atoms with Crippen molar-refractivity contribution in [2.24, 2.45) is 0 Å². The largest absolute Gasteiger partial charge is 0.0798 e. The van der Waals surface area contributed by atoms with Gasteiger partial charge in [0.05, 0.1) is 0 Å². The fourth-order valence-electron chi connectivity index (χ4n) is 11.6. The summed E-state index contributed by atoms with van der Waals surface area (Å²) >= 11 is 0. The van der Waals surface area contributed by atoms with Crippen molar-refractivity contribution in [3.63, 3.8) is 0 Å². The lowest BCUT2D eigenvalue weighted by atomic mass is 9.84. The Kier molecular flexibility index (Phi) is 12.8. The average molecular weight is 973 g/mol. The minimum Gasteiger partial charge on any atom is -0.0798 e. The molecule has 0 saturated carbocycles. The fraction of sp³-hybridized carbons (Fsp3) is 0.0789. The summed E-state index contributed by atoms with van der Waals surface area (Å²) < 4.78 is 0. The molecule has 12 rings (SSSR count). The molecule has 0 atom stereocenters. The summed E-state index contributed by atoms with van der Waals surface area (Å²) in [4.78, 5) is 0. The van der Waals surface area contributed by atoms with Crippen LogP contribution < -0.4 is 10.4 Å². The molecule has 0 spiro atoms. The zero-order valence-corrected chi connectivity index (χ0v) is 44.2. The van der Waals surface area contributed by atoms with Gasteiger partial charge in [-0.1, -0.05) is 231 Å². The van der Waals surface area contributed by atoms with Crippen LogP contribution >= 0.6 is 0 Å². The van der Waals surface area contributed by atoms with E-state index in [-0.39, 0.29) is 0 Å². The maximum Gasteiger partial charge on any atom is -0.00259 e. The van der Waals surface area contributed by atoms with E-state index in [0.29, 0.717) is 0 Å². The molecule has 0 unspecified atom stereocenters. The Balaban J connectivity index is 0.870. The van der Waals surface area contributed by atoms with Gasteiger partial charge in [-0.2, -0.15) is 0 Å². The van der Waals surface area contributed by atoms with Crippen LogP contribution in [0.15, 0.2) is 254 Å². The molecule has 0 heterocycles. The minimum absolute atomic E-state index is 1.21. The number of fused-ring (bicyclic) bond motifs is 6. The second-order valence-electron chi connectivity index (χ2n) is 20.4. The van der Waals surface area contributed by atoms with Crippen molar-refractivity contribution in [1.29, 1.82) is 0 Å². The summed E-state index contributed by atoms with van der Waals surface area (Å²) in [5.74, 6) is 0. The topological polar surface area (TPSA) is 0 Å². The minimum atomic E-state index is 1.21. The molecule has 0 aliphatic rings. The van der Waals surface area contributed by atoms with Crippen LogP contribution in [0.3, 0.4) is 0 Å². The SMILES string of the molecule is C/C=c1/ccc(-c2c3ccccc3c(-c3ccc(/C(C)=C/C=C(C)/C(C)=C/C=C(\C)c4ccc5c(-c6ccc7ccccc7c6)c6ccccc6c(-c6ccc7ccccc7c6)c5c4)cc3)c3ccccc23)c/c1=C/C. The first kappa shape index (κ1) is 47.9. The zero-order chi connectivity index (χ0) is 51.9. The van der Waals surface area contributed by atoms with Crippen LogP contribution in [0.25, 0.3) is 132 Å². The summed E-state index contributed by atoms with van der Waals surface area (Å²) in [5.41, 5.74) is 17.3. The summed E-state index contributed by atoms with van der Waals surface area (Å²) in [6, 6.07) is 81.1. The summed E-state index contributed by atoms with van der Waals surface area (Å²) in [6.45, 7) is 13.1. The van der Waals surface area contributed by atoms with Gasteiger partial charge in [0, 0.05) is 0 Å². The molecular weight excluding hydrogens is 913 g/mol. The highest BCUT2D eigenvalue weighted by Crippen LogP contribution is 2.46. The molecule has 0 heteroatoms. The lowest BCUT2D eigenvalue weighted by molar-refractivity contribution is 1.34. The zero-order valence-electron chi connectivity index (χ0n) is 44.2. The Bertz CT molecular complexity index is 4490. The third-order valence-electron chi connectivity index (χ3n) is 15.9. The molecule has 0 aliphatic heterocycles. The van der Waals surface area contributed by atoms with E-state index in [1.807, 2.05) is 0 Å². The van der Waals surface area contributed by atoms with Gasteiger partial charge >= 0.3 is 0 Å². The van der Waals surface area contributed by atoms with Crippen molar-refractivity contribution in [2.45, 2.75) is 41.5 Å². The summed E-state index contributed by atoms with van der Waals surface area (Å²) in [5, 5.41) is 17.6. The maximum atomic E-state index is 2.43. The molecule has 364 valence electrons. The van der Waals surface area contributed by atoms with Gasteiger partial charge in [0.1, 0.15) is 0 Å². The van der Waals surface area contributed by atoms with E-state index < -0.39 is 0 Å². The monoisotopic (exact) mass is 972 g/mol. The molecule has 0 amide bonds. The van der Waals surface area contributed by atoms with Crippen molar-refractivity contribution in [3.8, 4) is 44.5 Å². The predicted molar refractivity (Wildman–Crippen MR) is 334 cm³/mol. The lowest BCUT2D eigenvalue weighted by Gasteiger charge is -2.19. The Hall–Kier alpha value is -9.10. The van der Waals surface area contributed by atoms with Crippen LogP contribution in [-0.2, 0) is 0 Å². The fourth-order valence-corrected chi connectivity index (χ4v) is 11.6. The van der Waals surface area contributed by atoms with Gasteiger partial charge in [-0.25, -0.2) is 0 Å². The molecule has 12 aromatic carbocycles. The van der Waals surface area contributed by atoms with Crippen LogP contribution in [0, 0.1) is 0 Å². The van der Waals surface area contributed by atoms with E-state index in [4.69, 9.17) is 0 Å². The van der Waals surface area contributed by atoms with Crippen LogP contribution in [0.4, 0.5) is 0 Å². The van der Waals surface area contributed by atoms with E-state index in [1.165, 1.54) is 153 Å². The predicted octanol–water partition coefficient (Wildman–Crippen LogP) is 20.3. The Morgan fingerprint density at radius 1 is 0.263 bits per heavy atom. The van der Waals surface area contributed by atoms with Gasteiger partial charge in [0.15, 0.2) is 0 Å². The first-order valence-electron chi connectivity index (χ1n) is 26.7. The number of rotatable bonds is 9.